The summed E-state index contributed by atoms with van der Waals surface area (Å²) in [6, 6.07) is 12.1. The number of hydrogen-bond acceptors (Lipinski definition) is 5. The highest BCUT2D eigenvalue weighted by molar-refractivity contribution is 7.12. The van der Waals surface area contributed by atoms with E-state index < -0.39 is 0 Å². The number of aromatic nitrogens is 3. The molecular formula is C25H20ClFN4OS. The summed E-state index contributed by atoms with van der Waals surface area (Å²) in [5.41, 5.74) is 2.63. The van der Waals surface area contributed by atoms with Gasteiger partial charge >= 0.3 is 0 Å². The van der Waals surface area contributed by atoms with Gasteiger partial charge in [0.15, 0.2) is 5.82 Å². The molecule has 8 heteroatoms. The first-order valence-corrected chi connectivity index (χ1v) is 11.9. The van der Waals surface area contributed by atoms with Crippen LogP contribution < -0.4 is 0 Å². The zero-order chi connectivity index (χ0) is 22.8. The smallest absolute Gasteiger partial charge is 0.265 e. The molecule has 1 aliphatic heterocycles. The molecule has 166 valence electrons. The number of thiophene rings is 1. The van der Waals surface area contributed by atoms with E-state index >= 15 is 0 Å². The molecule has 0 spiro atoms. The molecule has 1 atom stereocenters. The van der Waals surface area contributed by atoms with Crippen LogP contribution in [0.15, 0.2) is 66.4 Å². The molecular weight excluding hydrogens is 459 g/mol. The first-order valence-electron chi connectivity index (χ1n) is 10.7. The zero-order valence-electron chi connectivity index (χ0n) is 17.6. The Balaban J connectivity index is 1.55. The average Bonchev–Trinajstić information content (AvgIpc) is 3.30. The highest BCUT2D eigenvalue weighted by Gasteiger charge is 2.30. The maximum absolute atomic E-state index is 14.7. The largest absolute Gasteiger partial charge is 0.337 e. The van der Waals surface area contributed by atoms with Crippen LogP contribution in [0.5, 0.6) is 0 Å². The number of rotatable bonds is 4. The molecule has 0 unspecified atom stereocenters. The summed E-state index contributed by atoms with van der Waals surface area (Å²) in [7, 11) is 0. The van der Waals surface area contributed by atoms with Gasteiger partial charge in [0.1, 0.15) is 10.7 Å². The summed E-state index contributed by atoms with van der Waals surface area (Å²) in [6.07, 6.45) is 6.74. The van der Waals surface area contributed by atoms with Gasteiger partial charge < -0.3 is 4.90 Å². The lowest BCUT2D eigenvalue weighted by atomic mass is 9.89. The molecule has 0 bridgehead atoms. The number of nitrogens with zero attached hydrogens (tertiary/aromatic N) is 4. The van der Waals surface area contributed by atoms with E-state index in [9.17, 15) is 9.18 Å². The van der Waals surface area contributed by atoms with E-state index in [4.69, 9.17) is 16.6 Å². The number of carbonyl (C=O) groups is 1. The Morgan fingerprint density at radius 3 is 2.76 bits per heavy atom. The number of hydrogen-bond donors (Lipinski definition) is 0. The third-order valence-electron chi connectivity index (χ3n) is 5.81. The van der Waals surface area contributed by atoms with Gasteiger partial charge in [0, 0.05) is 54.3 Å². The van der Waals surface area contributed by atoms with Gasteiger partial charge in [-0.15, -0.1) is 11.3 Å². The van der Waals surface area contributed by atoms with Gasteiger partial charge in [-0.05, 0) is 42.5 Å². The molecule has 1 saturated heterocycles. The monoisotopic (exact) mass is 478 g/mol. The minimum Gasteiger partial charge on any atom is -0.337 e. The number of halogens is 2. The van der Waals surface area contributed by atoms with Gasteiger partial charge in [-0.3, -0.25) is 9.78 Å². The summed E-state index contributed by atoms with van der Waals surface area (Å²) < 4.78 is 14.7. The molecule has 1 fully saturated rings. The molecule has 0 aliphatic carbocycles. The minimum absolute atomic E-state index is 0.0607. The van der Waals surface area contributed by atoms with Crippen LogP contribution >= 0.6 is 22.9 Å². The Morgan fingerprint density at radius 1 is 1.12 bits per heavy atom. The first-order chi connectivity index (χ1) is 16.1. The second kappa shape index (κ2) is 9.37. The predicted molar refractivity (Wildman–Crippen MR) is 128 cm³/mol. The Kier molecular flexibility index (Phi) is 6.15. The van der Waals surface area contributed by atoms with Crippen LogP contribution in [0.1, 0.15) is 34.1 Å². The quantitative estimate of drug-likeness (QED) is 0.356. The fraction of sp³-hybridized carbons (Fsp3) is 0.200. The molecule has 0 radical (unpaired) electrons. The summed E-state index contributed by atoms with van der Waals surface area (Å²) in [5, 5.41) is 2.29. The third kappa shape index (κ3) is 4.38. The molecule has 3 aromatic heterocycles. The average molecular weight is 479 g/mol. The summed E-state index contributed by atoms with van der Waals surface area (Å²) in [4.78, 5) is 29.0. The highest BCUT2D eigenvalue weighted by Crippen LogP contribution is 2.36. The van der Waals surface area contributed by atoms with Crippen molar-refractivity contribution in [2.24, 2.45) is 0 Å². The molecule has 33 heavy (non-hydrogen) atoms. The maximum atomic E-state index is 14.7. The van der Waals surface area contributed by atoms with Gasteiger partial charge in [0.25, 0.3) is 5.91 Å². The zero-order valence-corrected chi connectivity index (χ0v) is 19.2. The molecule has 0 saturated carbocycles. The Bertz CT molecular complexity index is 1300. The lowest BCUT2D eigenvalue weighted by molar-refractivity contribution is 0.0711. The fourth-order valence-corrected chi connectivity index (χ4v) is 5.31. The number of amides is 1. The normalized spacial score (nSPS) is 16.1. The Hall–Kier alpha value is -3.16. The van der Waals surface area contributed by atoms with Gasteiger partial charge in [0.05, 0.1) is 10.7 Å². The SMILES string of the molecule is O=C(c1sccc1Cl)N1CCC[C@H](c2nc(-c3cccnc3)ncc2-c2ccccc2F)C1. The maximum Gasteiger partial charge on any atom is 0.265 e. The van der Waals surface area contributed by atoms with Gasteiger partial charge in [-0.25, -0.2) is 14.4 Å². The number of pyridine rings is 1. The van der Waals surface area contributed by atoms with Crippen molar-refractivity contribution in [3.05, 3.63) is 87.8 Å². The molecule has 1 aromatic carbocycles. The predicted octanol–water partition coefficient (Wildman–Crippen LogP) is 6.08. The van der Waals surface area contributed by atoms with Gasteiger partial charge in [-0.1, -0.05) is 29.8 Å². The first kappa shape index (κ1) is 21.7. The van der Waals surface area contributed by atoms with E-state index in [0.717, 1.165) is 24.1 Å². The van der Waals surface area contributed by atoms with Crippen molar-refractivity contribution < 1.29 is 9.18 Å². The van der Waals surface area contributed by atoms with Crippen molar-refractivity contribution in [1.29, 1.82) is 0 Å². The van der Waals surface area contributed by atoms with E-state index in [-0.39, 0.29) is 17.6 Å². The van der Waals surface area contributed by atoms with E-state index in [0.29, 0.717) is 39.9 Å². The van der Waals surface area contributed by atoms with Gasteiger partial charge in [0.2, 0.25) is 0 Å². The Labute approximate surface area is 199 Å². The van der Waals surface area contributed by atoms with Crippen molar-refractivity contribution in [3.8, 4) is 22.5 Å². The van der Waals surface area contributed by atoms with E-state index in [1.54, 1.807) is 42.9 Å². The van der Waals surface area contributed by atoms with Crippen LogP contribution in [0.2, 0.25) is 5.02 Å². The second-order valence-electron chi connectivity index (χ2n) is 7.90. The lowest BCUT2D eigenvalue weighted by Crippen LogP contribution is -2.39. The Morgan fingerprint density at radius 2 is 2.00 bits per heavy atom. The number of likely N-dealkylation sites (tertiary alicyclic amines) is 1. The van der Waals surface area contributed by atoms with E-state index in [2.05, 4.69) is 9.97 Å². The van der Waals surface area contributed by atoms with Gasteiger partial charge in [-0.2, -0.15) is 0 Å². The second-order valence-corrected chi connectivity index (χ2v) is 9.23. The minimum atomic E-state index is -0.328. The van der Waals surface area contributed by atoms with Crippen molar-refractivity contribution in [3.63, 3.8) is 0 Å². The number of carbonyl (C=O) groups excluding carboxylic acids is 1. The van der Waals surface area contributed by atoms with Crippen molar-refractivity contribution >= 4 is 28.8 Å². The molecule has 0 N–H and O–H groups in total. The van der Waals surface area contributed by atoms with Crippen LogP contribution in [-0.2, 0) is 0 Å². The van der Waals surface area contributed by atoms with Crippen LogP contribution in [0.4, 0.5) is 4.39 Å². The third-order valence-corrected chi connectivity index (χ3v) is 7.14. The van der Waals surface area contributed by atoms with E-state index in [1.807, 2.05) is 22.4 Å². The number of piperidine rings is 1. The van der Waals surface area contributed by atoms with Crippen LogP contribution in [0.25, 0.3) is 22.5 Å². The number of benzene rings is 1. The summed E-state index contributed by atoms with van der Waals surface area (Å²) >= 11 is 7.56. The van der Waals surface area contributed by atoms with Crippen LogP contribution in [-0.4, -0.2) is 38.8 Å². The summed E-state index contributed by atoms with van der Waals surface area (Å²) in [5.74, 6) is 0.0664. The lowest BCUT2D eigenvalue weighted by Gasteiger charge is -2.33. The molecule has 4 heterocycles. The highest BCUT2D eigenvalue weighted by atomic mass is 35.5. The molecule has 1 amide bonds. The molecule has 4 aromatic rings. The molecule has 5 nitrogen and oxygen atoms in total. The van der Waals surface area contributed by atoms with Crippen molar-refractivity contribution in [2.45, 2.75) is 18.8 Å². The molecule has 1 aliphatic rings. The fourth-order valence-electron chi connectivity index (χ4n) is 4.20. The van der Waals surface area contributed by atoms with Crippen molar-refractivity contribution in [2.75, 3.05) is 13.1 Å². The van der Waals surface area contributed by atoms with Crippen LogP contribution in [0, 0.1) is 5.82 Å². The topological polar surface area (TPSA) is 59.0 Å². The standard InChI is InChI=1S/C25H20ClFN4OS/c26-20-9-12-33-23(20)25(32)31-11-4-6-17(15-31)22-19(18-7-1-2-8-21(18)27)14-29-24(30-22)16-5-3-10-28-13-16/h1-3,5,7-10,12-14,17H,4,6,11,15H2/t17-/m0/s1. The van der Waals surface area contributed by atoms with E-state index in [1.165, 1.54) is 17.4 Å². The molecule has 5 rings (SSSR count). The summed E-state index contributed by atoms with van der Waals surface area (Å²) in [6.45, 7) is 1.14. The van der Waals surface area contributed by atoms with Crippen molar-refractivity contribution in [1.82, 2.24) is 19.9 Å². The van der Waals surface area contributed by atoms with Crippen LogP contribution in [0.3, 0.4) is 0 Å².